The van der Waals surface area contributed by atoms with Crippen molar-refractivity contribution in [2.24, 2.45) is 0 Å². The maximum Gasteiger partial charge on any atom is 0.339 e. The summed E-state index contributed by atoms with van der Waals surface area (Å²) in [4.78, 5) is 24.5. The van der Waals surface area contributed by atoms with Crippen LogP contribution in [0.3, 0.4) is 0 Å². The number of amides is 1. The third-order valence-corrected chi connectivity index (χ3v) is 4.71. The average molecular weight is 352 g/mol. The van der Waals surface area contributed by atoms with Crippen LogP contribution in [-0.2, 0) is 9.53 Å². The number of nitrogens with one attached hydrogen (secondary N) is 1. The zero-order chi connectivity index (χ0) is 18.6. The number of hydrogen-bond acceptors (Lipinski definition) is 5. The van der Waals surface area contributed by atoms with Gasteiger partial charge in [-0.3, -0.25) is 4.79 Å². The molecule has 1 fully saturated rings. The summed E-state index contributed by atoms with van der Waals surface area (Å²) in [5.41, 5.74) is -0.457. The lowest BCUT2D eigenvalue weighted by Gasteiger charge is -2.21. The van der Waals surface area contributed by atoms with Gasteiger partial charge in [-0.25, -0.2) is 4.79 Å². The highest BCUT2D eigenvalue weighted by Crippen LogP contribution is 2.30. The summed E-state index contributed by atoms with van der Waals surface area (Å²) in [7, 11) is 1.57. The van der Waals surface area contributed by atoms with Gasteiger partial charge >= 0.3 is 5.97 Å². The van der Waals surface area contributed by atoms with Gasteiger partial charge in [-0.05, 0) is 43.2 Å². The molecule has 6 nitrogen and oxygen atoms in total. The number of hydrogen-bond donors (Lipinski definition) is 1. The highest BCUT2D eigenvalue weighted by Gasteiger charge is 2.35. The van der Waals surface area contributed by atoms with Crippen LogP contribution in [0.15, 0.2) is 36.4 Å². The average Bonchev–Trinajstić information content (AvgIpc) is 3.14. The summed E-state index contributed by atoms with van der Waals surface area (Å²) in [6.07, 6.45) is 3.08. The molecule has 134 valence electrons. The lowest BCUT2D eigenvalue weighted by Crippen LogP contribution is -2.46. The van der Waals surface area contributed by atoms with Gasteiger partial charge in [0.25, 0.3) is 5.91 Å². The minimum absolute atomic E-state index is 0.366. The molecule has 26 heavy (non-hydrogen) atoms. The van der Waals surface area contributed by atoms with Crippen molar-refractivity contribution in [3.05, 3.63) is 42.0 Å². The molecule has 2 aromatic rings. The van der Waals surface area contributed by atoms with Crippen LogP contribution in [-0.4, -0.2) is 31.1 Å². The molecule has 0 heterocycles. The van der Waals surface area contributed by atoms with Crippen LogP contribution in [0, 0.1) is 11.3 Å². The van der Waals surface area contributed by atoms with Gasteiger partial charge in [0, 0.05) is 5.39 Å². The van der Waals surface area contributed by atoms with Crippen molar-refractivity contribution in [2.45, 2.75) is 31.2 Å². The highest BCUT2D eigenvalue weighted by molar-refractivity contribution is 6.06. The number of esters is 1. The summed E-state index contributed by atoms with van der Waals surface area (Å²) in [5, 5.41) is 13.5. The van der Waals surface area contributed by atoms with E-state index in [4.69, 9.17) is 9.47 Å². The number of methoxy groups -OCH3 is 1. The molecule has 0 spiro atoms. The van der Waals surface area contributed by atoms with Crippen molar-refractivity contribution in [1.29, 1.82) is 5.26 Å². The van der Waals surface area contributed by atoms with E-state index in [1.165, 1.54) is 0 Å². The van der Waals surface area contributed by atoms with Gasteiger partial charge in [-0.1, -0.05) is 24.3 Å². The second kappa shape index (κ2) is 7.44. The molecular formula is C20H20N2O4. The van der Waals surface area contributed by atoms with E-state index in [2.05, 4.69) is 11.4 Å². The quantitative estimate of drug-likeness (QED) is 0.836. The third-order valence-electron chi connectivity index (χ3n) is 4.71. The van der Waals surface area contributed by atoms with E-state index in [0.29, 0.717) is 29.5 Å². The van der Waals surface area contributed by atoms with Crippen molar-refractivity contribution < 1.29 is 19.1 Å². The van der Waals surface area contributed by atoms with E-state index in [1.54, 1.807) is 25.3 Å². The smallest absolute Gasteiger partial charge is 0.339 e. The molecule has 1 N–H and O–H groups in total. The Labute approximate surface area is 151 Å². The van der Waals surface area contributed by atoms with Gasteiger partial charge in [-0.2, -0.15) is 5.26 Å². The second-order valence-electron chi connectivity index (χ2n) is 6.39. The lowest BCUT2D eigenvalue weighted by atomic mass is 10.00. The Hall–Kier alpha value is -3.07. The van der Waals surface area contributed by atoms with E-state index in [9.17, 15) is 14.9 Å². The molecule has 0 saturated heterocycles. The number of carbonyl (C=O) groups excluding carboxylic acids is 2. The van der Waals surface area contributed by atoms with E-state index >= 15 is 0 Å². The van der Waals surface area contributed by atoms with Crippen molar-refractivity contribution in [3.8, 4) is 11.8 Å². The Kier molecular flexibility index (Phi) is 5.08. The minimum Gasteiger partial charge on any atom is -0.496 e. The molecule has 6 heteroatoms. The summed E-state index contributed by atoms with van der Waals surface area (Å²) in [6.45, 7) is -0.414. The molecule has 0 aromatic heterocycles. The summed E-state index contributed by atoms with van der Waals surface area (Å²) < 4.78 is 10.5. The number of nitrogens with zero attached hydrogens (tertiary/aromatic N) is 1. The Bertz CT molecular complexity index is 879. The van der Waals surface area contributed by atoms with E-state index in [-0.39, 0.29) is 0 Å². The SMILES string of the molecule is COc1ccc(C(=O)OCC(=O)NC2(C#N)CCCC2)c2ccccc12. The molecule has 1 aliphatic carbocycles. The largest absolute Gasteiger partial charge is 0.496 e. The molecule has 1 saturated carbocycles. The molecule has 1 amide bonds. The predicted octanol–water partition coefficient (Wildman–Crippen LogP) is 2.96. The first-order valence-electron chi connectivity index (χ1n) is 8.54. The van der Waals surface area contributed by atoms with Crippen molar-refractivity contribution >= 4 is 22.6 Å². The molecule has 2 aromatic carbocycles. The molecule has 0 atom stereocenters. The van der Waals surface area contributed by atoms with Gasteiger partial charge in [0.1, 0.15) is 11.3 Å². The van der Waals surface area contributed by atoms with Crippen LogP contribution in [0.2, 0.25) is 0 Å². The standard InChI is InChI=1S/C20H20N2O4/c1-25-17-9-8-16(14-6-2-3-7-15(14)17)19(24)26-12-18(23)22-20(13-21)10-4-5-11-20/h2-3,6-9H,4-5,10-12H2,1H3,(H,22,23). The van der Waals surface area contributed by atoms with Crippen LogP contribution < -0.4 is 10.1 Å². The van der Waals surface area contributed by atoms with E-state index in [0.717, 1.165) is 18.2 Å². The number of nitriles is 1. The Morgan fingerprint density at radius 1 is 1.15 bits per heavy atom. The number of fused-ring (bicyclic) bond motifs is 1. The van der Waals surface area contributed by atoms with Crippen LogP contribution in [0.5, 0.6) is 5.75 Å². The number of benzene rings is 2. The molecule has 0 radical (unpaired) electrons. The summed E-state index contributed by atoms with van der Waals surface area (Å²) >= 11 is 0. The Morgan fingerprint density at radius 2 is 1.85 bits per heavy atom. The van der Waals surface area contributed by atoms with Crippen LogP contribution in [0.25, 0.3) is 10.8 Å². The zero-order valence-electron chi connectivity index (χ0n) is 14.6. The summed E-state index contributed by atoms with van der Waals surface area (Å²) in [5.74, 6) is -0.386. The first-order chi connectivity index (χ1) is 12.6. The van der Waals surface area contributed by atoms with E-state index < -0.39 is 24.0 Å². The minimum atomic E-state index is -0.823. The molecule has 1 aliphatic rings. The van der Waals surface area contributed by atoms with Crippen LogP contribution >= 0.6 is 0 Å². The van der Waals surface area contributed by atoms with Crippen molar-refractivity contribution in [2.75, 3.05) is 13.7 Å². The predicted molar refractivity (Wildman–Crippen MR) is 95.7 cm³/mol. The maximum absolute atomic E-state index is 12.4. The van der Waals surface area contributed by atoms with Crippen molar-refractivity contribution in [3.63, 3.8) is 0 Å². The second-order valence-corrected chi connectivity index (χ2v) is 6.39. The Morgan fingerprint density at radius 3 is 2.50 bits per heavy atom. The molecule has 0 bridgehead atoms. The molecule has 0 aliphatic heterocycles. The van der Waals surface area contributed by atoms with Gasteiger partial charge in [0.15, 0.2) is 6.61 Å². The normalized spacial score (nSPS) is 15.2. The fraction of sp³-hybridized carbons (Fsp3) is 0.350. The van der Waals surface area contributed by atoms with Gasteiger partial charge in [0.05, 0.1) is 18.7 Å². The fourth-order valence-electron chi connectivity index (χ4n) is 3.38. The molecule has 3 rings (SSSR count). The maximum atomic E-state index is 12.4. The van der Waals surface area contributed by atoms with Gasteiger partial charge in [0.2, 0.25) is 0 Å². The Balaban J connectivity index is 1.70. The fourth-order valence-corrected chi connectivity index (χ4v) is 3.38. The number of ether oxygens (including phenoxy) is 2. The van der Waals surface area contributed by atoms with Crippen LogP contribution in [0.1, 0.15) is 36.0 Å². The lowest BCUT2D eigenvalue weighted by molar-refractivity contribution is -0.125. The topological polar surface area (TPSA) is 88.4 Å². The third kappa shape index (κ3) is 3.47. The highest BCUT2D eigenvalue weighted by atomic mass is 16.5. The van der Waals surface area contributed by atoms with Gasteiger partial charge in [-0.15, -0.1) is 0 Å². The molecule has 0 unspecified atom stereocenters. The first kappa shape index (κ1) is 17.7. The first-order valence-corrected chi connectivity index (χ1v) is 8.54. The number of rotatable bonds is 5. The molecular weight excluding hydrogens is 332 g/mol. The van der Waals surface area contributed by atoms with Crippen LogP contribution in [0.4, 0.5) is 0 Å². The zero-order valence-corrected chi connectivity index (χ0v) is 14.6. The van der Waals surface area contributed by atoms with E-state index in [1.807, 2.05) is 18.2 Å². The number of carbonyl (C=O) groups is 2. The van der Waals surface area contributed by atoms with Gasteiger partial charge < -0.3 is 14.8 Å². The van der Waals surface area contributed by atoms with Crippen molar-refractivity contribution in [1.82, 2.24) is 5.32 Å². The monoisotopic (exact) mass is 352 g/mol. The summed E-state index contributed by atoms with van der Waals surface area (Å²) in [6, 6.07) is 12.8.